The molecule has 2 aromatic rings. The van der Waals surface area contributed by atoms with Crippen molar-refractivity contribution in [2.45, 2.75) is 45.6 Å². The quantitative estimate of drug-likeness (QED) is 0.497. The van der Waals surface area contributed by atoms with Crippen LogP contribution in [0.5, 0.6) is 0 Å². The summed E-state index contributed by atoms with van der Waals surface area (Å²) < 4.78 is 13.2. The molecule has 0 saturated heterocycles. The Morgan fingerprint density at radius 1 is 1.27 bits per heavy atom. The molecule has 0 saturated carbocycles. The minimum absolute atomic E-state index is 0.127. The summed E-state index contributed by atoms with van der Waals surface area (Å²) in [5, 5.41) is 9.58. The van der Waals surface area contributed by atoms with Gasteiger partial charge in [-0.1, -0.05) is 19.1 Å². The standard InChI is InChI=1S/C23H25FN2/c1-15-10-22-21(16(2)13-23(3,4)26(22)5)12-18(15)11-19(14-25)17-6-8-20(24)9-7-17/h6-12,16H,13H2,1-5H3/b19-11-/t16-/m1/s1. The topological polar surface area (TPSA) is 27.0 Å². The maximum Gasteiger partial charge on any atom is 0.123 e. The van der Waals surface area contributed by atoms with E-state index in [2.05, 4.69) is 57.8 Å². The first-order valence-corrected chi connectivity index (χ1v) is 8.99. The van der Waals surface area contributed by atoms with E-state index < -0.39 is 0 Å². The van der Waals surface area contributed by atoms with Crippen molar-refractivity contribution in [2.24, 2.45) is 0 Å². The zero-order valence-electron chi connectivity index (χ0n) is 16.1. The van der Waals surface area contributed by atoms with Gasteiger partial charge >= 0.3 is 0 Å². The van der Waals surface area contributed by atoms with Crippen LogP contribution < -0.4 is 4.90 Å². The van der Waals surface area contributed by atoms with E-state index in [0.717, 1.165) is 23.1 Å². The van der Waals surface area contributed by atoms with E-state index in [9.17, 15) is 9.65 Å². The maximum atomic E-state index is 13.2. The predicted octanol–water partition coefficient (Wildman–Crippen LogP) is 5.92. The Hall–Kier alpha value is -2.60. The predicted molar refractivity (Wildman–Crippen MR) is 107 cm³/mol. The first-order valence-electron chi connectivity index (χ1n) is 8.99. The molecule has 0 aliphatic carbocycles. The Balaban J connectivity index is 2.08. The Morgan fingerprint density at radius 3 is 2.54 bits per heavy atom. The summed E-state index contributed by atoms with van der Waals surface area (Å²) >= 11 is 0. The van der Waals surface area contributed by atoms with Crippen LogP contribution in [-0.4, -0.2) is 12.6 Å². The van der Waals surface area contributed by atoms with Crippen LogP contribution >= 0.6 is 0 Å². The Bertz CT molecular complexity index is 901. The Kier molecular flexibility index (Phi) is 4.63. The molecule has 0 aromatic heterocycles. The Morgan fingerprint density at radius 2 is 1.92 bits per heavy atom. The number of hydrogen-bond donors (Lipinski definition) is 0. The second kappa shape index (κ2) is 6.61. The van der Waals surface area contributed by atoms with Crippen LogP contribution in [0.4, 0.5) is 10.1 Å². The summed E-state index contributed by atoms with van der Waals surface area (Å²) in [5.74, 6) is 0.163. The summed E-state index contributed by atoms with van der Waals surface area (Å²) in [7, 11) is 2.15. The number of rotatable bonds is 2. The molecule has 0 spiro atoms. The molecular formula is C23H25FN2. The van der Waals surface area contributed by atoms with E-state index >= 15 is 0 Å². The van der Waals surface area contributed by atoms with Crippen molar-refractivity contribution in [2.75, 3.05) is 11.9 Å². The second-order valence-corrected chi connectivity index (χ2v) is 7.92. The molecule has 1 atom stereocenters. The van der Waals surface area contributed by atoms with Crippen LogP contribution in [0.25, 0.3) is 11.6 Å². The lowest BCUT2D eigenvalue weighted by molar-refractivity contribution is 0.395. The highest BCUT2D eigenvalue weighted by Crippen LogP contribution is 2.43. The number of allylic oxidation sites excluding steroid dienone is 1. The fourth-order valence-corrected chi connectivity index (χ4v) is 3.86. The Labute approximate surface area is 155 Å². The molecule has 1 aliphatic rings. The number of nitrogens with zero attached hydrogens (tertiary/aromatic N) is 2. The number of benzene rings is 2. The van der Waals surface area contributed by atoms with Gasteiger partial charge in [0.2, 0.25) is 0 Å². The number of fused-ring (bicyclic) bond motifs is 1. The van der Waals surface area contributed by atoms with Gasteiger partial charge in [0, 0.05) is 18.3 Å². The van der Waals surface area contributed by atoms with Gasteiger partial charge in [0.05, 0.1) is 11.6 Å². The maximum absolute atomic E-state index is 13.2. The van der Waals surface area contributed by atoms with Crippen LogP contribution in [0, 0.1) is 24.1 Å². The van der Waals surface area contributed by atoms with E-state index in [0.29, 0.717) is 11.5 Å². The summed E-state index contributed by atoms with van der Waals surface area (Å²) in [4.78, 5) is 2.36. The van der Waals surface area contributed by atoms with Crippen molar-refractivity contribution < 1.29 is 4.39 Å². The van der Waals surface area contributed by atoms with Crippen molar-refractivity contribution in [3.8, 4) is 6.07 Å². The molecule has 0 bridgehead atoms. The molecule has 0 amide bonds. The van der Waals surface area contributed by atoms with Crippen LogP contribution in [0.2, 0.25) is 0 Å². The number of anilines is 1. The third-order valence-electron chi connectivity index (χ3n) is 5.60. The smallest absolute Gasteiger partial charge is 0.123 e. The van der Waals surface area contributed by atoms with Gasteiger partial charge in [-0.3, -0.25) is 0 Å². The number of nitriles is 1. The minimum atomic E-state index is -0.296. The van der Waals surface area contributed by atoms with Gasteiger partial charge < -0.3 is 4.90 Å². The highest BCUT2D eigenvalue weighted by Gasteiger charge is 2.34. The van der Waals surface area contributed by atoms with Crippen molar-refractivity contribution in [1.82, 2.24) is 0 Å². The summed E-state index contributed by atoms with van der Waals surface area (Å²) in [6, 6.07) is 12.8. The second-order valence-electron chi connectivity index (χ2n) is 7.92. The van der Waals surface area contributed by atoms with E-state index in [1.807, 2.05) is 6.08 Å². The molecule has 1 aliphatic heterocycles. The fraction of sp³-hybridized carbons (Fsp3) is 0.348. The lowest BCUT2D eigenvalue weighted by atomic mass is 9.79. The lowest BCUT2D eigenvalue weighted by Gasteiger charge is -2.45. The van der Waals surface area contributed by atoms with Gasteiger partial charge in [0.1, 0.15) is 5.82 Å². The van der Waals surface area contributed by atoms with Crippen LogP contribution in [0.15, 0.2) is 36.4 Å². The molecule has 1 heterocycles. The van der Waals surface area contributed by atoms with Crippen molar-refractivity contribution in [3.05, 3.63) is 64.5 Å². The zero-order valence-corrected chi connectivity index (χ0v) is 16.1. The van der Waals surface area contributed by atoms with Crippen molar-refractivity contribution in [3.63, 3.8) is 0 Å². The molecule has 3 rings (SSSR count). The average molecular weight is 348 g/mol. The van der Waals surface area contributed by atoms with Gasteiger partial charge in [-0.15, -0.1) is 0 Å². The van der Waals surface area contributed by atoms with Gasteiger partial charge in [-0.25, -0.2) is 4.39 Å². The number of halogens is 1. The third-order valence-corrected chi connectivity index (χ3v) is 5.60. The van der Waals surface area contributed by atoms with Crippen molar-refractivity contribution >= 4 is 17.3 Å². The molecule has 2 aromatic carbocycles. The van der Waals surface area contributed by atoms with E-state index in [-0.39, 0.29) is 11.4 Å². The fourth-order valence-electron chi connectivity index (χ4n) is 3.86. The zero-order chi connectivity index (χ0) is 19.1. The van der Waals surface area contributed by atoms with Gasteiger partial charge in [0.25, 0.3) is 0 Å². The van der Waals surface area contributed by atoms with Crippen molar-refractivity contribution in [1.29, 1.82) is 5.26 Å². The van der Waals surface area contributed by atoms with Crippen LogP contribution in [0.1, 0.15) is 55.4 Å². The first-order chi connectivity index (χ1) is 12.2. The average Bonchev–Trinajstić information content (AvgIpc) is 2.59. The minimum Gasteiger partial charge on any atom is -0.369 e. The van der Waals surface area contributed by atoms with Crippen LogP contribution in [0.3, 0.4) is 0 Å². The van der Waals surface area contributed by atoms with E-state index in [1.54, 1.807) is 12.1 Å². The van der Waals surface area contributed by atoms with Gasteiger partial charge in [-0.2, -0.15) is 5.26 Å². The summed E-state index contributed by atoms with van der Waals surface area (Å²) in [5.41, 5.74) is 6.17. The highest BCUT2D eigenvalue weighted by molar-refractivity contribution is 5.90. The highest BCUT2D eigenvalue weighted by atomic mass is 19.1. The third kappa shape index (κ3) is 3.24. The molecule has 0 fully saturated rings. The summed E-state index contributed by atoms with van der Waals surface area (Å²) in [6.45, 7) is 8.89. The molecular weight excluding hydrogens is 323 g/mol. The molecule has 0 radical (unpaired) electrons. The largest absolute Gasteiger partial charge is 0.369 e. The molecule has 134 valence electrons. The van der Waals surface area contributed by atoms with E-state index in [1.165, 1.54) is 23.4 Å². The number of hydrogen-bond acceptors (Lipinski definition) is 2. The summed E-state index contributed by atoms with van der Waals surface area (Å²) in [6.07, 6.45) is 3.00. The van der Waals surface area contributed by atoms with Gasteiger partial charge in [-0.05, 0) is 85.7 Å². The SMILES string of the molecule is Cc1cc2c(cc1/C=C(/C#N)c1ccc(F)cc1)[C@H](C)CC(C)(C)N2C. The number of aryl methyl sites for hydroxylation is 1. The lowest BCUT2D eigenvalue weighted by Crippen LogP contribution is -2.45. The molecule has 2 nitrogen and oxygen atoms in total. The van der Waals surface area contributed by atoms with Gasteiger partial charge in [0.15, 0.2) is 0 Å². The molecule has 0 unspecified atom stereocenters. The molecule has 3 heteroatoms. The molecule has 0 N–H and O–H groups in total. The van der Waals surface area contributed by atoms with Crippen LogP contribution in [-0.2, 0) is 0 Å². The monoisotopic (exact) mass is 348 g/mol. The van der Waals surface area contributed by atoms with E-state index in [4.69, 9.17) is 0 Å². The normalized spacial score (nSPS) is 19.0. The molecule has 26 heavy (non-hydrogen) atoms. The first kappa shape index (κ1) is 18.2.